The van der Waals surface area contributed by atoms with Crippen molar-refractivity contribution < 1.29 is 14.3 Å². The molecule has 130 valence electrons. The number of nitrogens with zero attached hydrogens (tertiary/aromatic N) is 3. The van der Waals surface area contributed by atoms with E-state index < -0.39 is 11.5 Å². The van der Waals surface area contributed by atoms with Gasteiger partial charge in [-0.05, 0) is 13.8 Å². The topological polar surface area (TPSA) is 93.2 Å². The number of oxazole rings is 1. The molecule has 0 aliphatic heterocycles. The first kappa shape index (κ1) is 16.9. The maximum absolute atomic E-state index is 12.5. The van der Waals surface area contributed by atoms with Gasteiger partial charge in [-0.1, -0.05) is 29.8 Å². The minimum atomic E-state index is -1.24. The van der Waals surface area contributed by atoms with Crippen LogP contribution in [-0.2, 0) is 12.6 Å². The van der Waals surface area contributed by atoms with Crippen molar-refractivity contribution in [3.05, 3.63) is 59.9 Å². The van der Waals surface area contributed by atoms with Crippen LogP contribution >= 0.6 is 0 Å². The molecule has 7 heteroatoms. The number of aryl methyl sites for hydroxylation is 2. The molecule has 1 amide bonds. The summed E-state index contributed by atoms with van der Waals surface area (Å²) in [7, 11) is 1.77. The number of nitrogens with one attached hydrogen (secondary N) is 1. The number of benzene rings is 1. The molecule has 2 N–H and O–H groups in total. The molecule has 2 heterocycles. The number of hydrogen-bond acceptors (Lipinski definition) is 5. The highest BCUT2D eigenvalue weighted by Gasteiger charge is 2.27. The Kier molecular flexibility index (Phi) is 4.41. The van der Waals surface area contributed by atoms with Gasteiger partial charge in [0, 0.05) is 24.4 Å². The van der Waals surface area contributed by atoms with Crippen LogP contribution in [0.1, 0.15) is 28.5 Å². The van der Waals surface area contributed by atoms with E-state index in [4.69, 9.17) is 4.42 Å². The second kappa shape index (κ2) is 6.52. The molecule has 0 aliphatic carbocycles. The van der Waals surface area contributed by atoms with Gasteiger partial charge >= 0.3 is 0 Å². The van der Waals surface area contributed by atoms with E-state index in [-0.39, 0.29) is 12.2 Å². The van der Waals surface area contributed by atoms with Gasteiger partial charge in [-0.3, -0.25) is 9.48 Å². The largest absolute Gasteiger partial charge is 0.443 e. The lowest BCUT2D eigenvalue weighted by atomic mass is 9.99. The molecule has 25 heavy (non-hydrogen) atoms. The molecule has 0 fully saturated rings. The average Bonchev–Trinajstić information content (AvgIpc) is 3.23. The summed E-state index contributed by atoms with van der Waals surface area (Å²) >= 11 is 0. The Hall–Kier alpha value is -2.93. The lowest BCUT2D eigenvalue weighted by Crippen LogP contribution is -2.38. The Morgan fingerprint density at radius 3 is 2.72 bits per heavy atom. The van der Waals surface area contributed by atoms with Crippen LogP contribution in [0.5, 0.6) is 0 Å². The van der Waals surface area contributed by atoms with E-state index in [0.717, 1.165) is 11.1 Å². The molecular formula is C18H20N4O3. The summed E-state index contributed by atoms with van der Waals surface area (Å²) in [5, 5.41) is 17.3. The summed E-state index contributed by atoms with van der Waals surface area (Å²) in [5.74, 6) is -0.00740. The first-order chi connectivity index (χ1) is 11.9. The molecule has 0 radical (unpaired) electrons. The molecule has 0 spiro atoms. The second-order valence-electron chi connectivity index (χ2n) is 6.26. The Morgan fingerprint density at radius 1 is 1.36 bits per heavy atom. The van der Waals surface area contributed by atoms with Crippen molar-refractivity contribution in [3.63, 3.8) is 0 Å². The number of carbonyl (C=O) groups is 1. The van der Waals surface area contributed by atoms with Gasteiger partial charge in [0.15, 0.2) is 17.8 Å². The Bertz CT molecular complexity index is 878. The predicted molar refractivity (Wildman–Crippen MR) is 91.8 cm³/mol. The van der Waals surface area contributed by atoms with E-state index in [1.54, 1.807) is 31.0 Å². The molecule has 1 aromatic carbocycles. The molecule has 2 aromatic heterocycles. The van der Waals surface area contributed by atoms with Gasteiger partial charge in [-0.25, -0.2) is 4.98 Å². The second-order valence-corrected chi connectivity index (χ2v) is 6.26. The summed E-state index contributed by atoms with van der Waals surface area (Å²) in [6.07, 6.45) is 4.52. The SMILES string of the molecule is Cc1ccc(-c2ocnc2C(=O)NC[C@](C)(O)c2cnn(C)c2)cc1. The van der Waals surface area contributed by atoms with E-state index in [9.17, 15) is 9.90 Å². The number of aromatic nitrogens is 3. The molecular weight excluding hydrogens is 320 g/mol. The maximum atomic E-state index is 12.5. The van der Waals surface area contributed by atoms with Gasteiger partial charge in [0.2, 0.25) is 0 Å². The lowest BCUT2D eigenvalue weighted by Gasteiger charge is -2.22. The van der Waals surface area contributed by atoms with Gasteiger partial charge in [0.25, 0.3) is 5.91 Å². The Labute approximate surface area is 145 Å². The van der Waals surface area contributed by atoms with Crippen LogP contribution in [0.25, 0.3) is 11.3 Å². The van der Waals surface area contributed by atoms with Gasteiger partial charge in [-0.15, -0.1) is 0 Å². The van der Waals surface area contributed by atoms with Gasteiger partial charge in [0.1, 0.15) is 5.60 Å². The average molecular weight is 340 g/mol. The third-order valence-electron chi connectivity index (χ3n) is 4.02. The zero-order valence-electron chi connectivity index (χ0n) is 14.4. The van der Waals surface area contributed by atoms with Crippen LogP contribution in [0.3, 0.4) is 0 Å². The summed E-state index contributed by atoms with van der Waals surface area (Å²) in [4.78, 5) is 16.5. The fraction of sp³-hybridized carbons (Fsp3) is 0.278. The molecule has 0 saturated carbocycles. The Morgan fingerprint density at radius 2 is 2.08 bits per heavy atom. The van der Waals surface area contributed by atoms with Gasteiger partial charge < -0.3 is 14.8 Å². The van der Waals surface area contributed by atoms with Crippen LogP contribution in [-0.4, -0.2) is 32.3 Å². The normalized spacial score (nSPS) is 13.4. The predicted octanol–water partition coefficient (Wildman–Crippen LogP) is 2.02. The molecule has 1 atom stereocenters. The zero-order chi connectivity index (χ0) is 18.0. The molecule has 0 unspecified atom stereocenters. The van der Waals surface area contributed by atoms with E-state index in [2.05, 4.69) is 15.4 Å². The molecule has 3 rings (SSSR count). The highest BCUT2D eigenvalue weighted by Crippen LogP contribution is 2.24. The lowest BCUT2D eigenvalue weighted by molar-refractivity contribution is 0.0524. The third-order valence-corrected chi connectivity index (χ3v) is 4.02. The fourth-order valence-electron chi connectivity index (χ4n) is 2.46. The van der Waals surface area contributed by atoms with Crippen LogP contribution in [0, 0.1) is 6.92 Å². The first-order valence-corrected chi connectivity index (χ1v) is 7.87. The fourth-order valence-corrected chi connectivity index (χ4v) is 2.46. The number of carbonyl (C=O) groups excluding carboxylic acids is 1. The standard InChI is InChI=1S/C18H20N4O3/c1-12-4-6-13(7-5-12)16-15(20-11-25-16)17(23)19-10-18(2,24)14-8-21-22(3)9-14/h4-9,11,24H,10H2,1-3H3,(H,19,23)/t18-/m0/s1. The van der Waals surface area contributed by atoms with Crippen molar-refractivity contribution in [2.24, 2.45) is 7.05 Å². The van der Waals surface area contributed by atoms with Gasteiger partial charge in [-0.2, -0.15) is 5.10 Å². The van der Waals surface area contributed by atoms with Crippen molar-refractivity contribution in [2.75, 3.05) is 6.54 Å². The van der Waals surface area contributed by atoms with Crippen molar-refractivity contribution >= 4 is 5.91 Å². The van der Waals surface area contributed by atoms with Crippen molar-refractivity contribution in [1.29, 1.82) is 0 Å². The summed E-state index contributed by atoms with van der Waals surface area (Å²) < 4.78 is 6.98. The summed E-state index contributed by atoms with van der Waals surface area (Å²) in [6.45, 7) is 3.63. The van der Waals surface area contributed by atoms with E-state index in [1.165, 1.54) is 6.39 Å². The quantitative estimate of drug-likeness (QED) is 0.741. The molecule has 0 bridgehead atoms. The molecule has 7 nitrogen and oxygen atoms in total. The van der Waals surface area contributed by atoms with Crippen molar-refractivity contribution in [3.8, 4) is 11.3 Å². The van der Waals surface area contributed by atoms with E-state index in [0.29, 0.717) is 11.3 Å². The molecule has 0 saturated heterocycles. The monoisotopic (exact) mass is 340 g/mol. The van der Waals surface area contributed by atoms with Crippen LogP contribution < -0.4 is 5.32 Å². The molecule has 3 aromatic rings. The highest BCUT2D eigenvalue weighted by atomic mass is 16.3. The van der Waals surface area contributed by atoms with Crippen LogP contribution in [0.15, 0.2) is 47.5 Å². The summed E-state index contributed by atoms with van der Waals surface area (Å²) in [5.41, 5.74) is 1.45. The highest BCUT2D eigenvalue weighted by molar-refractivity contribution is 5.97. The zero-order valence-corrected chi connectivity index (χ0v) is 14.4. The van der Waals surface area contributed by atoms with E-state index in [1.807, 2.05) is 31.2 Å². The minimum Gasteiger partial charge on any atom is -0.443 e. The third kappa shape index (κ3) is 3.61. The van der Waals surface area contributed by atoms with Crippen molar-refractivity contribution in [2.45, 2.75) is 19.4 Å². The maximum Gasteiger partial charge on any atom is 0.274 e. The summed E-state index contributed by atoms with van der Waals surface area (Å²) in [6, 6.07) is 7.62. The number of aliphatic hydroxyl groups is 1. The number of amides is 1. The minimum absolute atomic E-state index is 0.0255. The van der Waals surface area contributed by atoms with Gasteiger partial charge in [0.05, 0.1) is 12.7 Å². The number of rotatable bonds is 5. The Balaban J connectivity index is 1.74. The van der Waals surface area contributed by atoms with Crippen LogP contribution in [0.4, 0.5) is 0 Å². The first-order valence-electron chi connectivity index (χ1n) is 7.87. The molecule has 0 aliphatic rings. The smallest absolute Gasteiger partial charge is 0.274 e. The van der Waals surface area contributed by atoms with Crippen LogP contribution in [0.2, 0.25) is 0 Å². The van der Waals surface area contributed by atoms with E-state index >= 15 is 0 Å². The number of hydrogen-bond donors (Lipinski definition) is 2. The van der Waals surface area contributed by atoms with Crippen molar-refractivity contribution in [1.82, 2.24) is 20.1 Å².